The van der Waals surface area contributed by atoms with E-state index in [9.17, 15) is 9.59 Å². The number of phenols is 2. The minimum absolute atomic E-state index is 0. The van der Waals surface area contributed by atoms with Gasteiger partial charge in [0.1, 0.15) is 11.5 Å². The van der Waals surface area contributed by atoms with Gasteiger partial charge in [0.25, 0.3) is 0 Å². The van der Waals surface area contributed by atoms with Crippen LogP contribution in [0.4, 0.5) is 11.4 Å². The highest BCUT2D eigenvalue weighted by molar-refractivity contribution is 5.79. The summed E-state index contributed by atoms with van der Waals surface area (Å²) >= 11 is 0. The fraction of sp³-hybridized carbons (Fsp3) is 0. The Hall–Kier alpha value is -3.27. The maximum atomic E-state index is 10.1. The fourth-order valence-corrected chi connectivity index (χ4v) is 1.69. The number of hydrogen-bond donors (Lipinski definition) is 4. The highest BCUT2D eigenvalue weighted by atomic mass is 27.0. The number of rotatable bonds is 2. The minimum atomic E-state index is 0. The summed E-state index contributed by atoms with van der Waals surface area (Å²) in [6.07, 6.45) is 1.24. The van der Waals surface area contributed by atoms with Gasteiger partial charge in [-0.15, -0.1) is 0 Å². The molecule has 0 saturated carbocycles. The van der Waals surface area contributed by atoms with Crippen molar-refractivity contribution in [2.24, 2.45) is 0 Å². The molecule has 0 spiro atoms. The van der Waals surface area contributed by atoms with Crippen LogP contribution in [-0.4, -0.2) is 40.1 Å². The van der Waals surface area contributed by atoms with Crippen LogP contribution in [0.3, 0.4) is 0 Å². The van der Waals surface area contributed by atoms with Gasteiger partial charge in [-0.25, -0.2) is 0 Å². The van der Waals surface area contributed by atoms with Crippen LogP contribution in [0, 0.1) is 0 Å². The average molecular weight is 382 g/mol. The number of benzene rings is 3. The van der Waals surface area contributed by atoms with E-state index in [1.54, 1.807) is 48.5 Å². The Kier molecular flexibility index (Phi) is 11.4. The normalized spacial score (nSPS) is 8.59. The van der Waals surface area contributed by atoms with Crippen molar-refractivity contribution in [2.75, 3.05) is 11.5 Å². The van der Waals surface area contributed by atoms with Crippen LogP contribution >= 0.6 is 0 Å². The SMILES string of the molecule is Nc1ccccc1N.O=Cc1ccccc1O.O=Cc1ccccc1O.[AlH3]. The molecule has 0 bridgehead atoms. The van der Waals surface area contributed by atoms with Crippen molar-refractivity contribution in [2.45, 2.75) is 0 Å². The molecule has 0 unspecified atom stereocenters. The number of phenolic OH excluding ortho intramolecular Hbond substituents is 2. The molecule has 3 aromatic rings. The summed E-state index contributed by atoms with van der Waals surface area (Å²) in [5.74, 6) is 0.0694. The van der Waals surface area contributed by atoms with E-state index in [0.717, 1.165) is 0 Å². The largest absolute Gasteiger partial charge is 0.507 e. The van der Waals surface area contributed by atoms with Crippen molar-refractivity contribution in [3.63, 3.8) is 0 Å². The highest BCUT2D eigenvalue weighted by Crippen LogP contribution is 2.12. The van der Waals surface area contributed by atoms with Gasteiger partial charge >= 0.3 is 0 Å². The van der Waals surface area contributed by atoms with Crippen LogP contribution in [0.5, 0.6) is 11.5 Å². The summed E-state index contributed by atoms with van der Waals surface area (Å²) in [5, 5.41) is 17.8. The molecule has 0 atom stereocenters. The quantitative estimate of drug-likeness (QED) is 0.305. The predicted octanol–water partition coefficient (Wildman–Crippen LogP) is 2.08. The molecule has 0 aromatic heterocycles. The van der Waals surface area contributed by atoms with Crippen LogP contribution in [0.2, 0.25) is 0 Å². The third-order valence-electron chi connectivity index (χ3n) is 3.12. The summed E-state index contributed by atoms with van der Waals surface area (Å²) in [7, 11) is 0. The maximum Gasteiger partial charge on any atom is 0.187 e. The van der Waals surface area contributed by atoms with Crippen LogP contribution < -0.4 is 11.5 Å². The van der Waals surface area contributed by atoms with E-state index in [4.69, 9.17) is 21.7 Å². The predicted molar refractivity (Wildman–Crippen MR) is 112 cm³/mol. The topological polar surface area (TPSA) is 127 Å². The lowest BCUT2D eigenvalue weighted by Crippen LogP contribution is -1.91. The van der Waals surface area contributed by atoms with Crippen molar-refractivity contribution < 1.29 is 19.8 Å². The smallest absolute Gasteiger partial charge is 0.187 e. The van der Waals surface area contributed by atoms with Gasteiger partial charge in [0.2, 0.25) is 0 Å². The standard InChI is InChI=1S/2C7H6O2.C6H8N2.Al.3H/c2*8-5-6-3-1-2-4-7(6)9;7-5-3-1-2-4-6(5)8;;;;/h2*1-5,9H;1-4H,7-8H2;;;;. The van der Waals surface area contributed by atoms with Gasteiger partial charge < -0.3 is 21.7 Å². The molecule has 0 heterocycles. The first-order chi connectivity index (χ1) is 12.5. The van der Waals surface area contributed by atoms with Crippen molar-refractivity contribution in [1.29, 1.82) is 0 Å². The molecular formula is C20H23AlN2O4. The Morgan fingerprint density at radius 3 is 1.11 bits per heavy atom. The van der Waals surface area contributed by atoms with Gasteiger partial charge in [-0.05, 0) is 36.4 Å². The number of nitrogen functional groups attached to an aromatic ring is 2. The van der Waals surface area contributed by atoms with E-state index in [2.05, 4.69) is 0 Å². The number of hydrogen-bond acceptors (Lipinski definition) is 6. The lowest BCUT2D eigenvalue weighted by molar-refractivity contribution is 0.111. The molecule has 0 aliphatic carbocycles. The summed E-state index contributed by atoms with van der Waals surface area (Å²) in [6.45, 7) is 0. The minimum Gasteiger partial charge on any atom is -0.507 e. The monoisotopic (exact) mass is 382 g/mol. The van der Waals surface area contributed by atoms with E-state index in [0.29, 0.717) is 35.1 Å². The lowest BCUT2D eigenvalue weighted by atomic mass is 10.2. The van der Waals surface area contributed by atoms with E-state index in [1.165, 1.54) is 12.1 Å². The van der Waals surface area contributed by atoms with E-state index in [1.807, 2.05) is 12.1 Å². The summed E-state index contributed by atoms with van der Waals surface area (Å²) in [5.41, 5.74) is 12.7. The van der Waals surface area contributed by atoms with E-state index < -0.39 is 0 Å². The van der Waals surface area contributed by atoms with Crippen LogP contribution in [0.25, 0.3) is 0 Å². The van der Waals surface area contributed by atoms with E-state index in [-0.39, 0.29) is 28.9 Å². The second-order valence-corrected chi connectivity index (χ2v) is 4.98. The van der Waals surface area contributed by atoms with E-state index >= 15 is 0 Å². The van der Waals surface area contributed by atoms with Crippen LogP contribution in [-0.2, 0) is 0 Å². The van der Waals surface area contributed by atoms with Gasteiger partial charge in [-0.1, -0.05) is 36.4 Å². The zero-order chi connectivity index (χ0) is 19.4. The Morgan fingerprint density at radius 2 is 0.889 bits per heavy atom. The third-order valence-corrected chi connectivity index (χ3v) is 3.12. The molecule has 140 valence electrons. The molecular weight excluding hydrogens is 359 g/mol. The van der Waals surface area contributed by atoms with Crippen molar-refractivity contribution in [3.05, 3.63) is 83.9 Å². The Bertz CT molecular complexity index is 786. The Morgan fingerprint density at radius 1 is 0.593 bits per heavy atom. The molecule has 0 radical (unpaired) electrons. The van der Waals surface area contributed by atoms with Crippen molar-refractivity contribution >= 4 is 41.3 Å². The van der Waals surface area contributed by atoms with Crippen molar-refractivity contribution in [3.8, 4) is 11.5 Å². The number of anilines is 2. The first-order valence-electron chi connectivity index (χ1n) is 7.56. The number of carbonyl (C=O) groups is 2. The van der Waals surface area contributed by atoms with Gasteiger partial charge in [-0.3, -0.25) is 9.59 Å². The number of aromatic hydroxyl groups is 2. The molecule has 0 aliphatic heterocycles. The van der Waals surface area contributed by atoms with Gasteiger partial charge in [0.15, 0.2) is 29.9 Å². The zero-order valence-electron chi connectivity index (χ0n) is 13.9. The van der Waals surface area contributed by atoms with Gasteiger partial charge in [-0.2, -0.15) is 0 Å². The molecule has 6 N–H and O–H groups in total. The first-order valence-corrected chi connectivity index (χ1v) is 7.56. The molecule has 3 aromatic carbocycles. The third kappa shape index (κ3) is 8.59. The molecule has 3 rings (SSSR count). The number of aldehydes is 2. The van der Waals surface area contributed by atoms with Crippen LogP contribution in [0.1, 0.15) is 20.7 Å². The molecule has 0 aliphatic rings. The number of para-hydroxylation sites is 4. The number of nitrogens with two attached hydrogens (primary N) is 2. The average Bonchev–Trinajstić information content (AvgIpc) is 2.66. The van der Waals surface area contributed by atoms with Crippen molar-refractivity contribution in [1.82, 2.24) is 0 Å². The Labute approximate surface area is 168 Å². The Balaban J connectivity index is 0.000000369. The number of carbonyl (C=O) groups excluding carboxylic acids is 2. The zero-order valence-corrected chi connectivity index (χ0v) is 13.9. The first kappa shape index (κ1) is 23.7. The molecule has 0 fully saturated rings. The summed E-state index contributed by atoms with van der Waals surface area (Å²) in [6, 6.07) is 20.1. The van der Waals surface area contributed by atoms with Gasteiger partial charge in [0.05, 0.1) is 22.5 Å². The molecule has 0 saturated heterocycles. The maximum absolute atomic E-state index is 10.1. The second-order valence-electron chi connectivity index (χ2n) is 4.98. The molecule has 7 heteroatoms. The molecule has 27 heavy (non-hydrogen) atoms. The summed E-state index contributed by atoms with van der Waals surface area (Å²) in [4.78, 5) is 20.1. The molecule has 0 amide bonds. The molecule has 6 nitrogen and oxygen atoms in total. The highest BCUT2D eigenvalue weighted by Gasteiger charge is 1.94. The van der Waals surface area contributed by atoms with Gasteiger partial charge in [0, 0.05) is 0 Å². The lowest BCUT2D eigenvalue weighted by Gasteiger charge is -1.94. The fourth-order valence-electron chi connectivity index (χ4n) is 1.69. The second kappa shape index (κ2) is 13.0. The summed E-state index contributed by atoms with van der Waals surface area (Å²) < 4.78 is 0. The van der Waals surface area contributed by atoms with Crippen LogP contribution in [0.15, 0.2) is 72.8 Å².